The van der Waals surface area contributed by atoms with Gasteiger partial charge in [-0.3, -0.25) is 0 Å². The highest BCUT2D eigenvalue weighted by Gasteiger charge is 2.21. The molecule has 1 rings (SSSR count). The summed E-state index contributed by atoms with van der Waals surface area (Å²) in [6.45, 7) is -1.34. The summed E-state index contributed by atoms with van der Waals surface area (Å²) in [6, 6.07) is 0. The van der Waals surface area contributed by atoms with Gasteiger partial charge in [0, 0.05) is 0 Å². The van der Waals surface area contributed by atoms with E-state index in [-0.39, 0.29) is 6.61 Å². The molecule has 0 bridgehead atoms. The van der Waals surface area contributed by atoms with Crippen LogP contribution in [0.5, 0.6) is 0 Å². The molecule has 0 aliphatic heterocycles. The average Bonchev–Trinajstić information content (AvgIpc) is 2.17. The largest absolute Gasteiger partial charge is 0.345 e. The lowest BCUT2D eigenvalue weighted by Crippen LogP contribution is -2.26. The summed E-state index contributed by atoms with van der Waals surface area (Å²) in [7, 11) is 1.95. The van der Waals surface area contributed by atoms with E-state index in [9.17, 15) is 8.78 Å². The first kappa shape index (κ1) is 11.9. The standard InChI is InChI=1S/C10H19F2NO/c1-13-6-8-2-4-9(5-3-8)7-14-10(11)12/h8-10,13H,2-7H2,1H3. The van der Waals surface area contributed by atoms with Gasteiger partial charge in [0.1, 0.15) is 0 Å². The molecule has 0 heterocycles. The second-order valence-electron chi connectivity index (χ2n) is 4.04. The number of hydrogen-bond acceptors (Lipinski definition) is 2. The summed E-state index contributed by atoms with van der Waals surface area (Å²) in [4.78, 5) is 0. The quantitative estimate of drug-likeness (QED) is 0.746. The van der Waals surface area contributed by atoms with Gasteiger partial charge in [0.15, 0.2) is 0 Å². The third kappa shape index (κ3) is 4.33. The number of alkyl halides is 2. The van der Waals surface area contributed by atoms with Gasteiger partial charge in [-0.1, -0.05) is 0 Å². The number of halogens is 2. The Kier molecular flexibility index (Phi) is 5.33. The molecule has 84 valence electrons. The van der Waals surface area contributed by atoms with Crippen molar-refractivity contribution in [2.24, 2.45) is 11.8 Å². The van der Waals surface area contributed by atoms with Gasteiger partial charge >= 0.3 is 6.61 Å². The maximum atomic E-state index is 11.8. The normalized spacial score (nSPS) is 28.3. The first-order valence-electron chi connectivity index (χ1n) is 5.26. The zero-order valence-corrected chi connectivity index (χ0v) is 8.64. The molecule has 0 radical (unpaired) electrons. The highest BCUT2D eigenvalue weighted by Crippen LogP contribution is 2.28. The summed E-state index contributed by atoms with van der Waals surface area (Å²) in [5.41, 5.74) is 0. The Morgan fingerprint density at radius 1 is 1.21 bits per heavy atom. The van der Waals surface area contributed by atoms with Crippen molar-refractivity contribution in [3.8, 4) is 0 Å². The van der Waals surface area contributed by atoms with Gasteiger partial charge in [0.25, 0.3) is 0 Å². The van der Waals surface area contributed by atoms with Gasteiger partial charge in [0.05, 0.1) is 6.61 Å². The first-order valence-corrected chi connectivity index (χ1v) is 5.26. The van der Waals surface area contributed by atoms with Crippen molar-refractivity contribution in [1.29, 1.82) is 0 Å². The second-order valence-corrected chi connectivity index (χ2v) is 4.04. The second kappa shape index (κ2) is 6.30. The van der Waals surface area contributed by atoms with E-state index in [0.29, 0.717) is 5.92 Å². The van der Waals surface area contributed by atoms with Gasteiger partial charge in [-0.15, -0.1) is 0 Å². The summed E-state index contributed by atoms with van der Waals surface area (Å²) in [5.74, 6) is 1.07. The minimum absolute atomic E-state index is 0.226. The highest BCUT2D eigenvalue weighted by molar-refractivity contribution is 4.73. The zero-order chi connectivity index (χ0) is 10.4. The summed E-state index contributed by atoms with van der Waals surface area (Å²) >= 11 is 0. The van der Waals surface area contributed by atoms with Crippen molar-refractivity contribution in [3.63, 3.8) is 0 Å². The highest BCUT2D eigenvalue weighted by atomic mass is 19.3. The van der Waals surface area contributed by atoms with Crippen LogP contribution in [0.3, 0.4) is 0 Å². The van der Waals surface area contributed by atoms with Crippen molar-refractivity contribution in [1.82, 2.24) is 5.32 Å². The van der Waals surface area contributed by atoms with E-state index in [2.05, 4.69) is 10.1 Å². The number of nitrogens with one attached hydrogen (secondary N) is 1. The van der Waals surface area contributed by atoms with Gasteiger partial charge in [-0.2, -0.15) is 8.78 Å². The lowest BCUT2D eigenvalue weighted by Gasteiger charge is -2.27. The van der Waals surface area contributed by atoms with Crippen LogP contribution in [0.1, 0.15) is 25.7 Å². The predicted octanol–water partition coefficient (Wildman–Crippen LogP) is 2.25. The molecule has 4 heteroatoms. The Hall–Kier alpha value is -0.220. The van der Waals surface area contributed by atoms with E-state index in [0.717, 1.165) is 38.1 Å². The van der Waals surface area contributed by atoms with Gasteiger partial charge in [0.2, 0.25) is 0 Å². The third-order valence-corrected chi connectivity index (χ3v) is 2.92. The van der Waals surface area contributed by atoms with Crippen LogP contribution in [-0.4, -0.2) is 26.8 Å². The maximum absolute atomic E-state index is 11.8. The lowest BCUT2D eigenvalue weighted by atomic mass is 9.82. The van der Waals surface area contributed by atoms with Crippen LogP contribution in [0.4, 0.5) is 8.78 Å². The molecule has 1 saturated carbocycles. The monoisotopic (exact) mass is 207 g/mol. The fourth-order valence-electron chi connectivity index (χ4n) is 2.10. The Morgan fingerprint density at radius 3 is 2.29 bits per heavy atom. The Bertz CT molecular complexity index is 147. The predicted molar refractivity (Wildman–Crippen MR) is 51.3 cm³/mol. The third-order valence-electron chi connectivity index (χ3n) is 2.92. The minimum atomic E-state index is -2.61. The fraction of sp³-hybridized carbons (Fsp3) is 1.00. The van der Waals surface area contributed by atoms with E-state index in [1.807, 2.05) is 7.05 Å². The first-order chi connectivity index (χ1) is 6.72. The molecule has 14 heavy (non-hydrogen) atoms. The van der Waals surface area contributed by atoms with E-state index < -0.39 is 6.61 Å². The molecular weight excluding hydrogens is 188 g/mol. The molecule has 1 N–H and O–H groups in total. The smallest absolute Gasteiger partial charge is 0.323 e. The van der Waals surface area contributed by atoms with E-state index in [4.69, 9.17) is 0 Å². The van der Waals surface area contributed by atoms with Crippen LogP contribution in [0, 0.1) is 11.8 Å². The van der Waals surface area contributed by atoms with Crippen LogP contribution < -0.4 is 5.32 Å². The molecule has 0 saturated heterocycles. The topological polar surface area (TPSA) is 21.3 Å². The van der Waals surface area contributed by atoms with Crippen LogP contribution in [-0.2, 0) is 4.74 Å². The van der Waals surface area contributed by atoms with Crippen LogP contribution >= 0.6 is 0 Å². The van der Waals surface area contributed by atoms with Crippen molar-refractivity contribution < 1.29 is 13.5 Å². The van der Waals surface area contributed by atoms with Crippen LogP contribution in [0.2, 0.25) is 0 Å². The molecule has 0 spiro atoms. The molecule has 1 fully saturated rings. The Labute approximate surface area is 84.0 Å². The van der Waals surface area contributed by atoms with E-state index in [1.165, 1.54) is 0 Å². The number of hydrogen-bond donors (Lipinski definition) is 1. The minimum Gasteiger partial charge on any atom is -0.323 e. The number of ether oxygens (including phenoxy) is 1. The SMILES string of the molecule is CNCC1CCC(COC(F)F)CC1. The molecule has 0 aromatic rings. The van der Waals surface area contributed by atoms with E-state index >= 15 is 0 Å². The number of rotatable bonds is 5. The molecule has 0 amide bonds. The molecule has 1 aliphatic carbocycles. The van der Waals surface area contributed by atoms with Crippen molar-refractivity contribution >= 4 is 0 Å². The molecule has 0 unspecified atom stereocenters. The van der Waals surface area contributed by atoms with Crippen molar-refractivity contribution in [2.45, 2.75) is 32.3 Å². The van der Waals surface area contributed by atoms with Crippen LogP contribution in [0.15, 0.2) is 0 Å². The molecule has 1 aliphatic rings. The lowest BCUT2D eigenvalue weighted by molar-refractivity contribution is -0.140. The zero-order valence-electron chi connectivity index (χ0n) is 8.64. The van der Waals surface area contributed by atoms with Gasteiger partial charge in [-0.25, -0.2) is 0 Å². The summed E-state index contributed by atoms with van der Waals surface area (Å²) in [6.07, 6.45) is 4.33. The van der Waals surface area contributed by atoms with Crippen LogP contribution in [0.25, 0.3) is 0 Å². The Balaban J connectivity index is 2.09. The molecule has 0 aromatic heterocycles. The van der Waals surface area contributed by atoms with E-state index in [1.54, 1.807) is 0 Å². The van der Waals surface area contributed by atoms with Crippen molar-refractivity contribution in [2.75, 3.05) is 20.2 Å². The molecule has 0 aromatic carbocycles. The fourth-order valence-corrected chi connectivity index (χ4v) is 2.10. The van der Waals surface area contributed by atoms with Crippen molar-refractivity contribution in [3.05, 3.63) is 0 Å². The summed E-state index contributed by atoms with van der Waals surface area (Å²) < 4.78 is 27.8. The summed E-state index contributed by atoms with van der Waals surface area (Å²) in [5, 5.41) is 3.15. The Morgan fingerprint density at radius 2 is 1.79 bits per heavy atom. The molecule has 0 atom stereocenters. The van der Waals surface area contributed by atoms with Gasteiger partial charge in [-0.05, 0) is 51.1 Å². The average molecular weight is 207 g/mol. The molecule has 2 nitrogen and oxygen atoms in total. The van der Waals surface area contributed by atoms with Gasteiger partial charge < -0.3 is 10.1 Å². The maximum Gasteiger partial charge on any atom is 0.345 e. The molecular formula is C10H19F2NO.